The van der Waals surface area contributed by atoms with E-state index in [2.05, 4.69) is 107 Å². The van der Waals surface area contributed by atoms with Gasteiger partial charge in [0.05, 0.1) is 28.2 Å². The van der Waals surface area contributed by atoms with Crippen LogP contribution in [0, 0.1) is 0 Å². The summed E-state index contributed by atoms with van der Waals surface area (Å²) in [6.07, 6.45) is 8.39. The molecule has 168 valence electrons. The molecule has 0 saturated heterocycles. The number of nitrogens with one attached hydrogen (secondary N) is 1. The van der Waals surface area contributed by atoms with Gasteiger partial charge >= 0.3 is 0 Å². The molecule has 0 saturated carbocycles. The Balaban J connectivity index is 1.51. The van der Waals surface area contributed by atoms with Gasteiger partial charge in [-0.25, -0.2) is 4.99 Å². The maximum atomic E-state index is 6.81. The number of para-hydroxylation sites is 2. The summed E-state index contributed by atoms with van der Waals surface area (Å²) in [5, 5.41) is 9.57. The van der Waals surface area contributed by atoms with Gasteiger partial charge in [-0.05, 0) is 23.8 Å². The summed E-state index contributed by atoms with van der Waals surface area (Å²) in [7, 11) is 0. The summed E-state index contributed by atoms with van der Waals surface area (Å²) in [5.41, 5.74) is 8.40. The van der Waals surface area contributed by atoms with Gasteiger partial charge in [-0.1, -0.05) is 85.0 Å². The molecule has 4 aromatic carbocycles. The van der Waals surface area contributed by atoms with Crippen molar-refractivity contribution in [2.75, 3.05) is 5.32 Å². The molecule has 9 rings (SSSR count). The largest absolute Gasteiger partial charge is 0.455 e. The molecule has 4 nitrogen and oxygen atoms in total. The Morgan fingerprint density at radius 1 is 0.778 bits per heavy atom. The summed E-state index contributed by atoms with van der Waals surface area (Å²) < 4.78 is 9.15. The molecule has 3 aromatic heterocycles. The van der Waals surface area contributed by atoms with Crippen molar-refractivity contribution in [1.29, 1.82) is 0 Å². The van der Waals surface area contributed by atoms with Crippen molar-refractivity contribution < 1.29 is 4.42 Å². The average molecular weight is 462 g/mol. The van der Waals surface area contributed by atoms with Crippen molar-refractivity contribution in [3.8, 4) is 11.1 Å². The van der Waals surface area contributed by atoms with Gasteiger partial charge < -0.3 is 9.73 Å². The van der Waals surface area contributed by atoms with E-state index in [0.717, 1.165) is 61.2 Å². The molecule has 4 heterocycles. The molecule has 4 heteroatoms. The monoisotopic (exact) mass is 461 g/mol. The van der Waals surface area contributed by atoms with Gasteiger partial charge in [0.25, 0.3) is 0 Å². The fourth-order valence-electron chi connectivity index (χ4n) is 6.18. The van der Waals surface area contributed by atoms with E-state index in [0.29, 0.717) is 0 Å². The van der Waals surface area contributed by atoms with Crippen LogP contribution in [0.25, 0.3) is 60.3 Å². The van der Waals surface area contributed by atoms with Crippen LogP contribution in [-0.2, 0) is 0 Å². The molecule has 1 unspecified atom stereocenters. The molecular weight excluding hydrogens is 442 g/mol. The summed E-state index contributed by atoms with van der Waals surface area (Å²) in [4.78, 5) is 5.20. The van der Waals surface area contributed by atoms with Crippen molar-refractivity contribution in [2.45, 2.75) is 6.04 Å². The third-order valence-electron chi connectivity index (χ3n) is 7.72. The van der Waals surface area contributed by atoms with Gasteiger partial charge in [-0.15, -0.1) is 0 Å². The number of aromatic nitrogens is 1. The molecule has 0 radical (unpaired) electrons. The fourth-order valence-corrected chi connectivity index (χ4v) is 6.18. The van der Waals surface area contributed by atoms with Crippen LogP contribution in [0.2, 0.25) is 0 Å². The Morgan fingerprint density at radius 3 is 2.58 bits per heavy atom. The smallest absolute Gasteiger partial charge is 0.147 e. The topological polar surface area (TPSA) is 41.9 Å². The van der Waals surface area contributed by atoms with Gasteiger partial charge in [0, 0.05) is 27.1 Å². The first-order valence-electron chi connectivity index (χ1n) is 12.3. The predicted molar refractivity (Wildman–Crippen MR) is 149 cm³/mol. The number of allylic oxidation sites excluding steroid dienone is 2. The second-order valence-corrected chi connectivity index (χ2v) is 9.63. The number of anilines is 1. The highest BCUT2D eigenvalue weighted by atomic mass is 16.3. The number of benzene rings is 4. The molecule has 1 aliphatic carbocycles. The number of rotatable bonds is 1. The van der Waals surface area contributed by atoms with Crippen LogP contribution in [0.5, 0.6) is 0 Å². The van der Waals surface area contributed by atoms with Crippen LogP contribution in [0.4, 0.5) is 11.5 Å². The Hall–Kier alpha value is -4.83. The summed E-state index contributed by atoms with van der Waals surface area (Å²) in [6.45, 7) is 0. The summed E-state index contributed by atoms with van der Waals surface area (Å²) in [6, 6.07) is 27.9. The standard InChI is InChI=1S/C32H19N3O/c1-2-9-18(10-3-1)19-12-8-13-21-23-17-22-20-11-4-7-16-26(20)35-29(22)27(31(23)36-30(19)21)28-32(35)34-25-15-6-5-14-24(25)33-28/h1-17,25,34H. The Morgan fingerprint density at radius 2 is 1.64 bits per heavy atom. The third-order valence-corrected chi connectivity index (χ3v) is 7.72. The lowest BCUT2D eigenvalue weighted by molar-refractivity contribution is 0.674. The highest BCUT2D eigenvalue weighted by molar-refractivity contribution is 6.31. The van der Waals surface area contributed by atoms with Gasteiger partial charge in [0.1, 0.15) is 22.7 Å². The first-order chi connectivity index (χ1) is 17.9. The maximum absolute atomic E-state index is 6.81. The van der Waals surface area contributed by atoms with E-state index in [9.17, 15) is 0 Å². The normalized spacial score (nSPS) is 16.8. The molecule has 7 aromatic rings. The van der Waals surface area contributed by atoms with Crippen molar-refractivity contribution >= 4 is 66.3 Å². The molecular formula is C32H19N3O. The van der Waals surface area contributed by atoms with Crippen LogP contribution >= 0.6 is 0 Å². The fraction of sp³-hybridized carbons (Fsp3) is 0.0312. The molecule has 0 bridgehead atoms. The maximum Gasteiger partial charge on any atom is 0.147 e. The van der Waals surface area contributed by atoms with Gasteiger partial charge in [0.2, 0.25) is 0 Å². The van der Waals surface area contributed by atoms with Crippen molar-refractivity contribution in [1.82, 2.24) is 4.40 Å². The Labute approximate surface area is 205 Å². The minimum atomic E-state index is 0.0649. The van der Waals surface area contributed by atoms with E-state index in [-0.39, 0.29) is 6.04 Å². The number of hydrogen-bond donors (Lipinski definition) is 1. The van der Waals surface area contributed by atoms with Gasteiger partial charge in [-0.3, -0.25) is 4.40 Å². The SMILES string of the molecule is C1=CC2=Nc3c(n4c5ccccc5c5cc6c7cccc(-c8ccccc8)c7oc6c3c54)NC2C=C1. The lowest BCUT2D eigenvalue weighted by Gasteiger charge is -2.23. The highest BCUT2D eigenvalue weighted by Crippen LogP contribution is 2.51. The summed E-state index contributed by atoms with van der Waals surface area (Å²) in [5.74, 6) is 1.03. The molecule has 1 N–H and O–H groups in total. The third kappa shape index (κ3) is 2.17. The predicted octanol–water partition coefficient (Wildman–Crippen LogP) is 8.24. The van der Waals surface area contributed by atoms with Crippen LogP contribution in [0.1, 0.15) is 0 Å². The van der Waals surface area contributed by atoms with Gasteiger partial charge in [0.15, 0.2) is 0 Å². The van der Waals surface area contributed by atoms with Crippen molar-refractivity contribution in [3.05, 3.63) is 103 Å². The molecule has 1 aliphatic heterocycles. The van der Waals surface area contributed by atoms with Crippen molar-refractivity contribution in [2.24, 2.45) is 4.99 Å². The zero-order chi connectivity index (χ0) is 23.4. The molecule has 1 atom stereocenters. The van der Waals surface area contributed by atoms with E-state index in [1.165, 1.54) is 16.3 Å². The minimum Gasteiger partial charge on any atom is -0.455 e. The van der Waals surface area contributed by atoms with Crippen LogP contribution in [-0.4, -0.2) is 16.2 Å². The molecule has 0 amide bonds. The number of nitrogens with zero attached hydrogens (tertiary/aromatic N) is 2. The van der Waals surface area contributed by atoms with E-state index in [4.69, 9.17) is 9.41 Å². The quantitative estimate of drug-likeness (QED) is 0.267. The van der Waals surface area contributed by atoms with Crippen molar-refractivity contribution in [3.63, 3.8) is 0 Å². The van der Waals surface area contributed by atoms with Crippen LogP contribution < -0.4 is 5.32 Å². The van der Waals surface area contributed by atoms with Crippen LogP contribution in [0.3, 0.4) is 0 Å². The van der Waals surface area contributed by atoms with Gasteiger partial charge in [-0.2, -0.15) is 0 Å². The molecule has 2 aliphatic rings. The first kappa shape index (κ1) is 18.5. The second kappa shape index (κ2) is 6.43. The number of furan rings is 1. The Kier molecular flexibility index (Phi) is 3.30. The number of hydrogen-bond acceptors (Lipinski definition) is 3. The second-order valence-electron chi connectivity index (χ2n) is 9.63. The van der Waals surface area contributed by atoms with Crippen LogP contribution in [0.15, 0.2) is 113 Å². The Bertz CT molecular complexity index is 2120. The zero-order valence-corrected chi connectivity index (χ0v) is 19.2. The first-order valence-corrected chi connectivity index (χ1v) is 12.3. The molecule has 36 heavy (non-hydrogen) atoms. The minimum absolute atomic E-state index is 0.0649. The van der Waals surface area contributed by atoms with E-state index in [1.54, 1.807) is 0 Å². The molecule has 0 spiro atoms. The zero-order valence-electron chi connectivity index (χ0n) is 19.2. The molecule has 0 fully saturated rings. The van der Waals surface area contributed by atoms with E-state index >= 15 is 0 Å². The van der Waals surface area contributed by atoms with E-state index < -0.39 is 0 Å². The average Bonchev–Trinajstić information content (AvgIpc) is 3.58. The van der Waals surface area contributed by atoms with E-state index in [1.807, 2.05) is 6.07 Å². The lowest BCUT2D eigenvalue weighted by atomic mass is 10.0. The number of fused-ring (bicyclic) bond motifs is 11. The number of aliphatic imine (C=N–C) groups is 1. The lowest BCUT2D eigenvalue weighted by Crippen LogP contribution is -2.30. The summed E-state index contributed by atoms with van der Waals surface area (Å²) >= 11 is 0. The highest BCUT2D eigenvalue weighted by Gasteiger charge is 2.31.